The summed E-state index contributed by atoms with van der Waals surface area (Å²) in [5.74, 6) is 0.943. The van der Waals surface area contributed by atoms with E-state index < -0.39 is 0 Å². The van der Waals surface area contributed by atoms with Crippen molar-refractivity contribution in [2.75, 3.05) is 6.61 Å². The van der Waals surface area contributed by atoms with Gasteiger partial charge in [0.2, 0.25) is 0 Å². The summed E-state index contributed by atoms with van der Waals surface area (Å²) in [4.78, 5) is 13.1. The first kappa shape index (κ1) is 17.8. The van der Waals surface area contributed by atoms with Crippen molar-refractivity contribution in [3.8, 4) is 0 Å². The minimum absolute atomic E-state index is 0.248. The van der Waals surface area contributed by atoms with Gasteiger partial charge in [-0.15, -0.1) is 0 Å². The molecule has 4 heterocycles. The summed E-state index contributed by atoms with van der Waals surface area (Å²) < 4.78 is 13.3. The second-order valence-corrected chi connectivity index (χ2v) is 7.45. The SMILES string of the molecule is [C-]#[N+]c1ccc2ncc3nc(Cc4ccon4)n([C@@H]4CCO[C@H](CC)C4)c3c2c1. The van der Waals surface area contributed by atoms with E-state index in [1.807, 2.05) is 30.5 Å². The first-order chi connectivity index (χ1) is 14.3. The summed E-state index contributed by atoms with van der Waals surface area (Å²) >= 11 is 0. The monoisotopic (exact) mass is 387 g/mol. The molecule has 0 saturated carbocycles. The van der Waals surface area contributed by atoms with Crippen LogP contribution >= 0.6 is 0 Å². The molecule has 1 saturated heterocycles. The molecule has 0 aliphatic carbocycles. The van der Waals surface area contributed by atoms with E-state index in [9.17, 15) is 0 Å². The maximum absolute atomic E-state index is 7.41. The molecule has 1 aromatic carbocycles. The minimum Gasteiger partial charge on any atom is -0.378 e. The van der Waals surface area contributed by atoms with E-state index in [1.54, 1.807) is 6.26 Å². The quantitative estimate of drug-likeness (QED) is 0.469. The number of benzene rings is 1. The van der Waals surface area contributed by atoms with Crippen LogP contribution in [0.1, 0.15) is 43.7 Å². The normalized spacial score (nSPS) is 19.6. The average Bonchev–Trinajstić information content (AvgIpc) is 3.41. The van der Waals surface area contributed by atoms with Gasteiger partial charge in [-0.3, -0.25) is 4.98 Å². The fourth-order valence-corrected chi connectivity index (χ4v) is 4.27. The Hall–Kier alpha value is -3.24. The van der Waals surface area contributed by atoms with E-state index in [1.165, 1.54) is 0 Å². The van der Waals surface area contributed by atoms with E-state index in [4.69, 9.17) is 20.8 Å². The van der Waals surface area contributed by atoms with E-state index in [0.717, 1.165) is 59.3 Å². The molecule has 4 aromatic rings. The Morgan fingerprint density at radius 3 is 3.00 bits per heavy atom. The van der Waals surface area contributed by atoms with Crippen LogP contribution in [0.25, 0.3) is 26.8 Å². The smallest absolute Gasteiger partial charge is 0.188 e. The van der Waals surface area contributed by atoms with E-state index in [-0.39, 0.29) is 12.1 Å². The van der Waals surface area contributed by atoms with Gasteiger partial charge in [-0.25, -0.2) is 9.83 Å². The summed E-state index contributed by atoms with van der Waals surface area (Å²) in [6, 6.07) is 7.80. The zero-order chi connectivity index (χ0) is 19.8. The lowest BCUT2D eigenvalue weighted by molar-refractivity contribution is -0.00678. The molecule has 0 unspecified atom stereocenters. The summed E-state index contributed by atoms with van der Waals surface area (Å²) in [6.07, 6.45) is 7.12. The van der Waals surface area contributed by atoms with Gasteiger partial charge in [-0.2, -0.15) is 0 Å². The first-order valence-corrected chi connectivity index (χ1v) is 9.94. The summed E-state index contributed by atoms with van der Waals surface area (Å²) in [7, 11) is 0. The van der Waals surface area contributed by atoms with Crippen molar-refractivity contribution in [2.45, 2.75) is 44.8 Å². The van der Waals surface area contributed by atoms with Crippen LogP contribution < -0.4 is 0 Å². The van der Waals surface area contributed by atoms with Gasteiger partial charge >= 0.3 is 0 Å². The predicted octanol–water partition coefficient (Wildman–Crippen LogP) is 4.84. The molecule has 7 heteroatoms. The summed E-state index contributed by atoms with van der Waals surface area (Å²) in [6.45, 7) is 10.3. The molecule has 29 heavy (non-hydrogen) atoms. The second-order valence-electron chi connectivity index (χ2n) is 7.45. The van der Waals surface area contributed by atoms with Gasteiger partial charge in [0.25, 0.3) is 0 Å². The number of aromatic nitrogens is 4. The number of rotatable bonds is 4. The maximum Gasteiger partial charge on any atom is 0.188 e. The van der Waals surface area contributed by atoms with Crippen LogP contribution in [0.5, 0.6) is 0 Å². The van der Waals surface area contributed by atoms with Gasteiger partial charge in [0.15, 0.2) is 5.69 Å². The Kier molecular flexibility index (Phi) is 4.49. The zero-order valence-electron chi connectivity index (χ0n) is 16.2. The largest absolute Gasteiger partial charge is 0.378 e. The van der Waals surface area contributed by atoms with E-state index in [0.29, 0.717) is 12.1 Å². The van der Waals surface area contributed by atoms with Crippen LogP contribution in [0.4, 0.5) is 5.69 Å². The van der Waals surface area contributed by atoms with Crippen LogP contribution in [0.15, 0.2) is 41.2 Å². The van der Waals surface area contributed by atoms with Crippen molar-refractivity contribution in [3.05, 3.63) is 59.7 Å². The molecule has 0 N–H and O–H groups in total. The molecule has 3 aromatic heterocycles. The Morgan fingerprint density at radius 2 is 2.21 bits per heavy atom. The van der Waals surface area contributed by atoms with Gasteiger partial charge in [-0.1, -0.05) is 18.1 Å². The Morgan fingerprint density at radius 1 is 1.28 bits per heavy atom. The fourth-order valence-electron chi connectivity index (χ4n) is 4.27. The number of imidazole rings is 1. The van der Waals surface area contributed by atoms with Gasteiger partial charge in [-0.05, 0) is 31.4 Å². The van der Waals surface area contributed by atoms with Gasteiger partial charge in [0.1, 0.15) is 17.6 Å². The Bertz CT molecular complexity index is 1210. The third-order valence-electron chi connectivity index (χ3n) is 5.69. The fraction of sp³-hybridized carbons (Fsp3) is 0.364. The lowest BCUT2D eigenvalue weighted by atomic mass is 10.0. The van der Waals surface area contributed by atoms with Gasteiger partial charge < -0.3 is 13.8 Å². The topological polar surface area (TPSA) is 70.3 Å². The maximum atomic E-state index is 7.41. The van der Waals surface area contributed by atoms with Crippen LogP contribution in [0.3, 0.4) is 0 Å². The van der Waals surface area contributed by atoms with E-state index >= 15 is 0 Å². The lowest BCUT2D eigenvalue weighted by Gasteiger charge is -2.31. The molecule has 7 nitrogen and oxygen atoms in total. The third-order valence-corrected chi connectivity index (χ3v) is 5.69. The highest BCUT2D eigenvalue weighted by Crippen LogP contribution is 2.35. The molecule has 5 rings (SSSR count). The number of ether oxygens (including phenoxy) is 1. The highest BCUT2D eigenvalue weighted by atomic mass is 16.5. The van der Waals surface area contributed by atoms with Crippen molar-refractivity contribution in [2.24, 2.45) is 0 Å². The molecular weight excluding hydrogens is 366 g/mol. The van der Waals surface area contributed by atoms with Gasteiger partial charge in [0.05, 0.1) is 42.0 Å². The number of fused-ring (bicyclic) bond motifs is 3. The molecule has 1 aliphatic heterocycles. The van der Waals surface area contributed by atoms with Crippen LogP contribution in [0, 0.1) is 6.57 Å². The average molecular weight is 387 g/mol. The molecule has 1 fully saturated rings. The highest BCUT2D eigenvalue weighted by molar-refractivity contribution is 6.03. The molecule has 146 valence electrons. The van der Waals surface area contributed by atoms with Crippen molar-refractivity contribution in [3.63, 3.8) is 0 Å². The standard InChI is InChI=1S/C22H21N5O2/c1-3-17-12-16(7-8-28-17)27-21(11-15-6-9-29-26-15)25-20-13-24-19-5-4-14(23-2)10-18(19)22(20)27/h4-6,9-10,13,16-17H,3,7-8,11-12H2,1H3/t16-,17-/m1/s1. The molecule has 0 radical (unpaired) electrons. The third kappa shape index (κ3) is 3.15. The summed E-state index contributed by atoms with van der Waals surface area (Å²) in [5.41, 5.74) is 4.22. The highest BCUT2D eigenvalue weighted by Gasteiger charge is 2.27. The zero-order valence-corrected chi connectivity index (χ0v) is 16.2. The van der Waals surface area contributed by atoms with Crippen molar-refractivity contribution in [1.29, 1.82) is 0 Å². The van der Waals surface area contributed by atoms with Crippen LogP contribution in [-0.4, -0.2) is 32.4 Å². The molecule has 0 spiro atoms. The molecule has 1 aliphatic rings. The number of hydrogen-bond donors (Lipinski definition) is 0. The summed E-state index contributed by atoms with van der Waals surface area (Å²) in [5, 5.41) is 5.05. The molecule has 0 amide bonds. The van der Waals surface area contributed by atoms with E-state index in [2.05, 4.69) is 26.5 Å². The molecule has 2 atom stereocenters. The van der Waals surface area contributed by atoms with Gasteiger partial charge in [0, 0.05) is 24.1 Å². The first-order valence-electron chi connectivity index (χ1n) is 9.94. The molecule has 0 bridgehead atoms. The second kappa shape index (κ2) is 7.30. The predicted molar refractivity (Wildman–Crippen MR) is 109 cm³/mol. The number of pyridine rings is 1. The van der Waals surface area contributed by atoms with Crippen LogP contribution in [-0.2, 0) is 11.2 Å². The number of hydrogen-bond acceptors (Lipinski definition) is 5. The van der Waals surface area contributed by atoms with Crippen molar-refractivity contribution >= 4 is 27.6 Å². The van der Waals surface area contributed by atoms with Crippen molar-refractivity contribution in [1.82, 2.24) is 19.7 Å². The Balaban J connectivity index is 1.74. The lowest BCUT2D eigenvalue weighted by Crippen LogP contribution is -2.28. The van der Waals surface area contributed by atoms with Crippen LogP contribution in [0.2, 0.25) is 0 Å². The number of nitrogens with zero attached hydrogens (tertiary/aromatic N) is 5. The minimum atomic E-state index is 0.248. The molecular formula is C22H21N5O2. The Labute approximate surface area is 168 Å². The van der Waals surface area contributed by atoms with Crippen molar-refractivity contribution < 1.29 is 9.26 Å².